The van der Waals surface area contributed by atoms with Gasteiger partial charge in [0.2, 0.25) is 0 Å². The lowest BCUT2D eigenvalue weighted by molar-refractivity contribution is 0.271. The lowest BCUT2D eigenvalue weighted by atomic mass is 10.1. The Hall–Kier alpha value is -2.57. The number of aliphatic imine (C=N–C) groups is 1. The summed E-state index contributed by atoms with van der Waals surface area (Å²) >= 11 is 0. The van der Waals surface area contributed by atoms with Crippen molar-refractivity contribution in [3.05, 3.63) is 42.0 Å². The molecule has 0 aliphatic heterocycles. The molecule has 0 bridgehead atoms. The first-order valence-electron chi connectivity index (χ1n) is 9.53. The molecule has 0 radical (unpaired) electrons. The molecule has 2 aromatic rings. The third-order valence-electron chi connectivity index (χ3n) is 4.05. The molecule has 0 saturated heterocycles. The van der Waals surface area contributed by atoms with Gasteiger partial charge in [0.05, 0.1) is 13.2 Å². The van der Waals surface area contributed by atoms with Crippen LogP contribution in [0.4, 0.5) is 0 Å². The summed E-state index contributed by atoms with van der Waals surface area (Å²) in [6.07, 6.45) is 2.46. The van der Waals surface area contributed by atoms with Crippen LogP contribution in [0, 0.1) is 5.92 Å². The van der Waals surface area contributed by atoms with Crippen molar-refractivity contribution in [1.82, 2.24) is 25.0 Å². The Morgan fingerprint density at radius 1 is 1.30 bits per heavy atom. The third kappa shape index (κ3) is 6.92. The first kappa shape index (κ1) is 20.7. The van der Waals surface area contributed by atoms with E-state index in [1.807, 2.05) is 26.2 Å². The molecule has 1 heterocycles. The molecular weight excluding hydrogens is 340 g/mol. The second-order valence-corrected chi connectivity index (χ2v) is 6.99. The van der Waals surface area contributed by atoms with Gasteiger partial charge >= 0.3 is 0 Å². The molecule has 0 aliphatic carbocycles. The number of nitrogens with one attached hydrogen (secondary N) is 1. The molecule has 0 unspecified atom stereocenters. The van der Waals surface area contributed by atoms with Crippen LogP contribution in [0.1, 0.15) is 32.2 Å². The van der Waals surface area contributed by atoms with Gasteiger partial charge in [0.15, 0.2) is 5.96 Å². The fourth-order valence-corrected chi connectivity index (χ4v) is 2.53. The zero-order chi connectivity index (χ0) is 19.6. The predicted octanol–water partition coefficient (Wildman–Crippen LogP) is 2.49. The van der Waals surface area contributed by atoms with E-state index in [0.29, 0.717) is 12.5 Å². The van der Waals surface area contributed by atoms with Crippen LogP contribution in [0.25, 0.3) is 0 Å². The first-order chi connectivity index (χ1) is 13.0. The predicted molar refractivity (Wildman–Crippen MR) is 109 cm³/mol. The maximum atomic E-state index is 5.73. The minimum absolute atomic E-state index is 0.530. The second-order valence-electron chi connectivity index (χ2n) is 6.99. The van der Waals surface area contributed by atoms with Gasteiger partial charge in [-0.25, -0.2) is 4.98 Å². The quantitative estimate of drug-likeness (QED) is 0.541. The monoisotopic (exact) mass is 372 g/mol. The summed E-state index contributed by atoms with van der Waals surface area (Å²) in [4.78, 5) is 11.1. The van der Waals surface area contributed by atoms with Crippen molar-refractivity contribution in [2.75, 3.05) is 26.7 Å². The van der Waals surface area contributed by atoms with Crippen LogP contribution in [-0.2, 0) is 20.0 Å². The average Bonchev–Trinajstić information content (AvgIpc) is 3.05. The second kappa shape index (κ2) is 10.5. The Morgan fingerprint density at radius 3 is 2.63 bits per heavy atom. The van der Waals surface area contributed by atoms with Crippen LogP contribution in [0.2, 0.25) is 0 Å². The van der Waals surface area contributed by atoms with E-state index in [2.05, 4.69) is 53.2 Å². The Labute approximate surface area is 162 Å². The van der Waals surface area contributed by atoms with Gasteiger partial charge in [-0.05, 0) is 37.0 Å². The van der Waals surface area contributed by atoms with Gasteiger partial charge in [0, 0.05) is 27.2 Å². The molecule has 148 valence electrons. The van der Waals surface area contributed by atoms with Gasteiger partial charge < -0.3 is 15.0 Å². The van der Waals surface area contributed by atoms with Crippen LogP contribution in [0.15, 0.2) is 35.6 Å². The van der Waals surface area contributed by atoms with Crippen molar-refractivity contribution in [1.29, 1.82) is 0 Å². The van der Waals surface area contributed by atoms with E-state index in [9.17, 15) is 0 Å². The normalized spacial score (nSPS) is 11.7. The standard InChI is InChI=1S/C20H32N6O/c1-6-21-20(25(4)13-19-23-15-24-26(19)5)22-12-11-17-7-9-18(10-8-17)27-14-16(2)3/h7-10,15-16H,6,11-14H2,1-5H3,(H,21,22). The van der Waals surface area contributed by atoms with Crippen molar-refractivity contribution in [2.45, 2.75) is 33.7 Å². The zero-order valence-electron chi connectivity index (χ0n) is 17.1. The molecule has 0 fully saturated rings. The molecule has 0 amide bonds. The van der Waals surface area contributed by atoms with Gasteiger partial charge in [-0.2, -0.15) is 5.10 Å². The molecular formula is C20H32N6O. The molecule has 7 nitrogen and oxygen atoms in total. The molecule has 0 spiro atoms. The Balaban J connectivity index is 1.89. The largest absolute Gasteiger partial charge is 0.493 e. The number of ether oxygens (including phenoxy) is 1. The van der Waals surface area contributed by atoms with Crippen LogP contribution >= 0.6 is 0 Å². The van der Waals surface area contributed by atoms with E-state index < -0.39 is 0 Å². The molecule has 0 saturated carbocycles. The number of nitrogens with zero attached hydrogens (tertiary/aromatic N) is 5. The first-order valence-corrected chi connectivity index (χ1v) is 9.53. The molecule has 2 rings (SSSR count). The van der Waals surface area contributed by atoms with Crippen LogP contribution in [0.3, 0.4) is 0 Å². The lowest BCUT2D eigenvalue weighted by Crippen LogP contribution is -2.39. The maximum Gasteiger partial charge on any atom is 0.194 e. The summed E-state index contributed by atoms with van der Waals surface area (Å²) in [5.74, 6) is 3.23. The summed E-state index contributed by atoms with van der Waals surface area (Å²) in [5.41, 5.74) is 1.25. The third-order valence-corrected chi connectivity index (χ3v) is 4.05. The number of hydrogen-bond donors (Lipinski definition) is 1. The van der Waals surface area contributed by atoms with Crippen molar-refractivity contribution in [3.8, 4) is 5.75 Å². The molecule has 0 aliphatic rings. The highest BCUT2D eigenvalue weighted by molar-refractivity contribution is 5.79. The van der Waals surface area contributed by atoms with Crippen molar-refractivity contribution >= 4 is 5.96 Å². The summed E-state index contributed by atoms with van der Waals surface area (Å²) < 4.78 is 7.51. The van der Waals surface area contributed by atoms with Gasteiger partial charge in [-0.15, -0.1) is 0 Å². The van der Waals surface area contributed by atoms with Gasteiger partial charge in [-0.1, -0.05) is 26.0 Å². The average molecular weight is 373 g/mol. The van der Waals surface area contributed by atoms with Crippen molar-refractivity contribution in [2.24, 2.45) is 18.0 Å². The highest BCUT2D eigenvalue weighted by atomic mass is 16.5. The van der Waals surface area contributed by atoms with Gasteiger partial charge in [0.1, 0.15) is 17.9 Å². The Bertz CT molecular complexity index is 708. The fraction of sp³-hybridized carbons (Fsp3) is 0.550. The lowest BCUT2D eigenvalue weighted by Gasteiger charge is -2.21. The number of guanidine groups is 1. The van der Waals surface area contributed by atoms with Crippen molar-refractivity contribution < 1.29 is 4.74 Å². The number of hydrogen-bond acceptors (Lipinski definition) is 4. The number of rotatable bonds is 9. The SMILES string of the molecule is CCNC(=NCCc1ccc(OCC(C)C)cc1)N(C)Cc1ncnn1C. The van der Waals surface area contributed by atoms with Gasteiger partial charge in [-0.3, -0.25) is 9.67 Å². The summed E-state index contributed by atoms with van der Waals surface area (Å²) in [5, 5.41) is 7.45. The zero-order valence-corrected chi connectivity index (χ0v) is 17.1. The molecule has 1 aromatic heterocycles. The molecule has 1 N–H and O–H groups in total. The van der Waals surface area contributed by atoms with E-state index >= 15 is 0 Å². The molecule has 7 heteroatoms. The number of aromatic nitrogens is 3. The van der Waals surface area contributed by atoms with E-state index in [1.165, 1.54) is 5.56 Å². The van der Waals surface area contributed by atoms with E-state index in [1.54, 1.807) is 11.0 Å². The molecule has 0 atom stereocenters. The molecule has 1 aromatic carbocycles. The fourth-order valence-electron chi connectivity index (χ4n) is 2.53. The highest BCUT2D eigenvalue weighted by Gasteiger charge is 2.09. The van der Waals surface area contributed by atoms with Crippen LogP contribution in [-0.4, -0.2) is 52.4 Å². The van der Waals surface area contributed by atoms with E-state index in [4.69, 9.17) is 9.73 Å². The highest BCUT2D eigenvalue weighted by Crippen LogP contribution is 2.13. The van der Waals surface area contributed by atoms with Gasteiger partial charge in [0.25, 0.3) is 0 Å². The Morgan fingerprint density at radius 2 is 2.04 bits per heavy atom. The molecule has 27 heavy (non-hydrogen) atoms. The van der Waals surface area contributed by atoms with Crippen molar-refractivity contribution in [3.63, 3.8) is 0 Å². The maximum absolute atomic E-state index is 5.73. The Kier molecular flexibility index (Phi) is 8.10. The minimum Gasteiger partial charge on any atom is -0.493 e. The summed E-state index contributed by atoms with van der Waals surface area (Å²) in [6.45, 7) is 9.31. The minimum atomic E-state index is 0.530. The number of aryl methyl sites for hydroxylation is 1. The van der Waals surface area contributed by atoms with E-state index in [-0.39, 0.29) is 0 Å². The van der Waals surface area contributed by atoms with Crippen LogP contribution in [0.5, 0.6) is 5.75 Å². The van der Waals surface area contributed by atoms with E-state index in [0.717, 1.165) is 43.7 Å². The summed E-state index contributed by atoms with van der Waals surface area (Å²) in [7, 11) is 3.91. The topological polar surface area (TPSA) is 67.6 Å². The smallest absolute Gasteiger partial charge is 0.194 e. The number of benzene rings is 1. The summed E-state index contributed by atoms with van der Waals surface area (Å²) in [6, 6.07) is 8.29. The van der Waals surface area contributed by atoms with Crippen LogP contribution < -0.4 is 10.1 Å².